The highest BCUT2D eigenvalue weighted by Gasteiger charge is 2.15. The van der Waals surface area contributed by atoms with Crippen molar-refractivity contribution in [1.29, 1.82) is 0 Å². The second-order valence-electron chi connectivity index (χ2n) is 4.47. The molecule has 0 saturated heterocycles. The van der Waals surface area contributed by atoms with Crippen molar-refractivity contribution >= 4 is 5.69 Å². The van der Waals surface area contributed by atoms with Crippen LogP contribution in [0.4, 0.5) is 5.69 Å². The maximum atomic E-state index is 9.39. The molecule has 3 nitrogen and oxygen atoms in total. The molecule has 0 saturated carbocycles. The quantitative estimate of drug-likeness (QED) is 0.790. The van der Waals surface area contributed by atoms with Crippen LogP contribution in [-0.4, -0.2) is 22.7 Å². The summed E-state index contributed by atoms with van der Waals surface area (Å²) in [5.41, 5.74) is 2.05. The van der Waals surface area contributed by atoms with Gasteiger partial charge in [-0.15, -0.1) is 0 Å². The molecular formula is C14H24N2O. The van der Waals surface area contributed by atoms with Gasteiger partial charge in [-0.3, -0.25) is 4.98 Å². The molecule has 1 aromatic rings. The van der Waals surface area contributed by atoms with E-state index in [2.05, 4.69) is 30.7 Å². The number of rotatable bonds is 7. The van der Waals surface area contributed by atoms with Crippen molar-refractivity contribution in [3.63, 3.8) is 0 Å². The molecule has 0 amide bonds. The lowest BCUT2D eigenvalue weighted by atomic mass is 10.1. The van der Waals surface area contributed by atoms with Crippen LogP contribution in [0.15, 0.2) is 18.5 Å². The molecule has 1 rings (SSSR count). The summed E-state index contributed by atoms with van der Waals surface area (Å²) in [5.74, 6) is 0. The Morgan fingerprint density at radius 3 is 2.76 bits per heavy atom. The molecule has 1 unspecified atom stereocenters. The van der Waals surface area contributed by atoms with Gasteiger partial charge in [-0.25, -0.2) is 0 Å². The minimum atomic E-state index is 0.0803. The van der Waals surface area contributed by atoms with Gasteiger partial charge in [0.25, 0.3) is 0 Å². The number of hydrogen-bond acceptors (Lipinski definition) is 3. The van der Waals surface area contributed by atoms with Crippen LogP contribution in [0.25, 0.3) is 0 Å². The van der Waals surface area contributed by atoms with Crippen molar-refractivity contribution in [2.75, 3.05) is 11.4 Å². The van der Waals surface area contributed by atoms with Crippen LogP contribution in [0.1, 0.15) is 45.6 Å². The van der Waals surface area contributed by atoms with Crippen molar-refractivity contribution < 1.29 is 5.11 Å². The summed E-state index contributed by atoms with van der Waals surface area (Å²) in [6.07, 6.45) is 7.06. The highest BCUT2D eigenvalue weighted by atomic mass is 16.3. The zero-order valence-corrected chi connectivity index (χ0v) is 11.2. The summed E-state index contributed by atoms with van der Waals surface area (Å²) in [6, 6.07) is 2.38. The van der Waals surface area contributed by atoms with Gasteiger partial charge in [0.1, 0.15) is 0 Å². The van der Waals surface area contributed by atoms with Crippen LogP contribution in [0.3, 0.4) is 0 Å². The molecule has 0 fully saturated rings. The minimum absolute atomic E-state index is 0.0803. The van der Waals surface area contributed by atoms with Crippen LogP contribution >= 0.6 is 0 Å². The predicted octanol–water partition coefficient (Wildman–Crippen LogP) is 2.98. The van der Waals surface area contributed by atoms with Gasteiger partial charge in [-0.2, -0.15) is 0 Å². The normalized spacial score (nSPS) is 12.5. The Balaban J connectivity index is 2.94. The molecule has 0 bridgehead atoms. The summed E-state index contributed by atoms with van der Waals surface area (Å²) in [5, 5.41) is 9.39. The van der Waals surface area contributed by atoms with E-state index in [4.69, 9.17) is 0 Å². The zero-order valence-electron chi connectivity index (χ0n) is 11.2. The Hall–Kier alpha value is -1.09. The maximum absolute atomic E-state index is 9.39. The van der Waals surface area contributed by atoms with E-state index in [1.807, 2.05) is 12.3 Å². The average molecular weight is 236 g/mol. The van der Waals surface area contributed by atoms with Crippen molar-refractivity contribution in [2.24, 2.45) is 0 Å². The first-order valence-electron chi connectivity index (χ1n) is 6.54. The molecule has 0 aliphatic heterocycles. The molecule has 17 heavy (non-hydrogen) atoms. The summed E-state index contributed by atoms with van der Waals surface area (Å²) in [7, 11) is 0. The van der Waals surface area contributed by atoms with Gasteiger partial charge in [0.2, 0.25) is 0 Å². The van der Waals surface area contributed by atoms with E-state index >= 15 is 0 Å². The summed E-state index contributed by atoms with van der Waals surface area (Å²) in [6.45, 7) is 7.73. The maximum Gasteiger partial charge on any atom is 0.0703 e. The topological polar surface area (TPSA) is 36.4 Å². The van der Waals surface area contributed by atoms with E-state index in [0.717, 1.165) is 24.2 Å². The molecule has 1 N–H and O–H groups in total. The molecule has 1 heterocycles. The SMILES string of the molecule is CCCCN(c1cnccc1CO)C(C)CC. The number of aromatic nitrogens is 1. The Morgan fingerprint density at radius 2 is 2.18 bits per heavy atom. The van der Waals surface area contributed by atoms with E-state index in [-0.39, 0.29) is 6.61 Å². The lowest BCUT2D eigenvalue weighted by Crippen LogP contribution is -2.34. The predicted molar refractivity (Wildman–Crippen MR) is 72.2 cm³/mol. The molecule has 1 aromatic heterocycles. The lowest BCUT2D eigenvalue weighted by molar-refractivity contribution is 0.281. The third-order valence-electron chi connectivity index (χ3n) is 3.24. The van der Waals surface area contributed by atoms with E-state index in [1.165, 1.54) is 12.8 Å². The molecule has 0 aromatic carbocycles. The molecule has 0 aliphatic carbocycles. The molecule has 0 spiro atoms. The van der Waals surface area contributed by atoms with Crippen LogP contribution in [0, 0.1) is 0 Å². The average Bonchev–Trinajstić information content (AvgIpc) is 2.39. The number of anilines is 1. The Labute approximate surface area is 104 Å². The molecule has 0 aliphatic rings. The van der Waals surface area contributed by atoms with E-state index in [1.54, 1.807) is 6.20 Å². The van der Waals surface area contributed by atoms with Crippen LogP contribution in [-0.2, 0) is 6.61 Å². The van der Waals surface area contributed by atoms with Crippen LogP contribution in [0.5, 0.6) is 0 Å². The summed E-state index contributed by atoms with van der Waals surface area (Å²) < 4.78 is 0. The Bertz CT molecular complexity index is 328. The van der Waals surface area contributed by atoms with E-state index in [9.17, 15) is 5.11 Å². The van der Waals surface area contributed by atoms with Gasteiger partial charge in [-0.1, -0.05) is 20.3 Å². The Morgan fingerprint density at radius 1 is 1.41 bits per heavy atom. The highest BCUT2D eigenvalue weighted by Crippen LogP contribution is 2.23. The Kier molecular flexibility index (Phi) is 5.98. The van der Waals surface area contributed by atoms with Crippen LogP contribution < -0.4 is 4.90 Å². The van der Waals surface area contributed by atoms with Crippen LogP contribution in [0.2, 0.25) is 0 Å². The number of aliphatic hydroxyl groups excluding tert-OH is 1. The van der Waals surface area contributed by atoms with Crippen molar-refractivity contribution in [3.8, 4) is 0 Å². The van der Waals surface area contributed by atoms with Gasteiger partial charge >= 0.3 is 0 Å². The lowest BCUT2D eigenvalue weighted by Gasteiger charge is -2.32. The second kappa shape index (κ2) is 7.28. The van der Waals surface area contributed by atoms with Gasteiger partial charge in [0.05, 0.1) is 18.5 Å². The molecular weight excluding hydrogens is 212 g/mol. The molecule has 3 heteroatoms. The van der Waals surface area contributed by atoms with E-state index < -0.39 is 0 Å². The fourth-order valence-corrected chi connectivity index (χ4v) is 1.93. The van der Waals surface area contributed by atoms with Crippen molar-refractivity contribution in [3.05, 3.63) is 24.0 Å². The monoisotopic (exact) mass is 236 g/mol. The smallest absolute Gasteiger partial charge is 0.0703 e. The van der Waals surface area contributed by atoms with Gasteiger partial charge in [0, 0.05) is 24.3 Å². The fourth-order valence-electron chi connectivity index (χ4n) is 1.93. The minimum Gasteiger partial charge on any atom is -0.392 e. The molecule has 96 valence electrons. The first kappa shape index (κ1) is 14.0. The molecule has 1 atom stereocenters. The molecule has 0 radical (unpaired) electrons. The fraction of sp³-hybridized carbons (Fsp3) is 0.643. The largest absolute Gasteiger partial charge is 0.392 e. The third-order valence-corrected chi connectivity index (χ3v) is 3.24. The second-order valence-corrected chi connectivity index (χ2v) is 4.47. The number of aliphatic hydroxyl groups is 1. The number of pyridine rings is 1. The summed E-state index contributed by atoms with van der Waals surface area (Å²) in [4.78, 5) is 6.55. The van der Waals surface area contributed by atoms with Gasteiger partial charge in [0.15, 0.2) is 0 Å². The number of hydrogen-bond donors (Lipinski definition) is 1. The first-order valence-corrected chi connectivity index (χ1v) is 6.54. The zero-order chi connectivity index (χ0) is 12.7. The van der Waals surface area contributed by atoms with Crippen molar-refractivity contribution in [1.82, 2.24) is 4.98 Å². The summed E-state index contributed by atoms with van der Waals surface area (Å²) >= 11 is 0. The third kappa shape index (κ3) is 3.70. The highest BCUT2D eigenvalue weighted by molar-refractivity contribution is 5.52. The van der Waals surface area contributed by atoms with E-state index in [0.29, 0.717) is 6.04 Å². The number of nitrogens with zero attached hydrogens (tertiary/aromatic N) is 2. The van der Waals surface area contributed by atoms with Crippen molar-refractivity contribution in [2.45, 2.75) is 52.7 Å². The first-order chi connectivity index (χ1) is 8.24. The number of unbranched alkanes of at least 4 members (excludes halogenated alkanes) is 1. The van der Waals surface area contributed by atoms with Gasteiger partial charge in [-0.05, 0) is 25.8 Å². The van der Waals surface area contributed by atoms with Gasteiger partial charge < -0.3 is 10.0 Å². The standard InChI is InChI=1S/C14H24N2O/c1-4-6-9-16(12(3)5-2)14-10-15-8-7-13(14)11-17/h7-8,10,12,17H,4-6,9,11H2,1-3H3.